The van der Waals surface area contributed by atoms with Crippen LogP contribution in [0.2, 0.25) is 0 Å². The molecule has 0 atom stereocenters. The SMILES string of the molecule is CCOC(=O)N1CCC(NC(=O)CCNCc2ccncc2)CC1. The summed E-state index contributed by atoms with van der Waals surface area (Å²) in [7, 11) is 0. The predicted octanol–water partition coefficient (Wildman–Crippen LogP) is 1.30. The summed E-state index contributed by atoms with van der Waals surface area (Å²) in [5, 5.41) is 6.29. The highest BCUT2D eigenvalue weighted by molar-refractivity contribution is 5.76. The second kappa shape index (κ2) is 9.87. The van der Waals surface area contributed by atoms with Crippen LogP contribution in [0.5, 0.6) is 0 Å². The monoisotopic (exact) mass is 334 g/mol. The van der Waals surface area contributed by atoms with Gasteiger partial charge >= 0.3 is 6.09 Å². The summed E-state index contributed by atoms with van der Waals surface area (Å²) in [6, 6.07) is 4.04. The Morgan fingerprint density at radius 3 is 2.67 bits per heavy atom. The topological polar surface area (TPSA) is 83.6 Å². The van der Waals surface area contributed by atoms with E-state index in [1.807, 2.05) is 12.1 Å². The van der Waals surface area contributed by atoms with E-state index in [4.69, 9.17) is 4.74 Å². The minimum absolute atomic E-state index is 0.0480. The van der Waals surface area contributed by atoms with Gasteiger partial charge in [0.05, 0.1) is 6.61 Å². The summed E-state index contributed by atoms with van der Waals surface area (Å²) in [6.07, 6.45) is 5.24. The molecule has 2 heterocycles. The molecule has 2 N–H and O–H groups in total. The number of amides is 2. The molecule has 2 amide bonds. The Hall–Kier alpha value is -2.15. The van der Waals surface area contributed by atoms with Crippen molar-refractivity contribution in [2.24, 2.45) is 0 Å². The molecule has 0 aromatic carbocycles. The molecule has 0 aliphatic carbocycles. The van der Waals surface area contributed by atoms with Crippen LogP contribution in [0.15, 0.2) is 24.5 Å². The number of nitrogens with one attached hydrogen (secondary N) is 2. The fourth-order valence-electron chi connectivity index (χ4n) is 2.66. The molecule has 0 bridgehead atoms. The zero-order valence-electron chi connectivity index (χ0n) is 14.2. The van der Waals surface area contributed by atoms with Gasteiger partial charge in [0.15, 0.2) is 0 Å². The molecule has 1 aromatic heterocycles. The van der Waals surface area contributed by atoms with E-state index in [9.17, 15) is 9.59 Å². The summed E-state index contributed by atoms with van der Waals surface area (Å²) in [6.45, 7) is 4.81. The number of piperidine rings is 1. The average molecular weight is 334 g/mol. The van der Waals surface area contributed by atoms with Gasteiger partial charge in [-0.1, -0.05) is 0 Å². The van der Waals surface area contributed by atoms with Gasteiger partial charge in [-0.25, -0.2) is 4.79 Å². The molecular weight excluding hydrogens is 308 g/mol. The van der Waals surface area contributed by atoms with E-state index in [1.54, 1.807) is 24.2 Å². The van der Waals surface area contributed by atoms with Gasteiger partial charge in [-0.3, -0.25) is 9.78 Å². The maximum atomic E-state index is 12.0. The number of carbonyl (C=O) groups excluding carboxylic acids is 2. The molecule has 0 unspecified atom stereocenters. The third-order valence-electron chi connectivity index (χ3n) is 3.99. The molecule has 1 aliphatic rings. The smallest absolute Gasteiger partial charge is 0.409 e. The Kier molecular flexibility index (Phi) is 7.48. The van der Waals surface area contributed by atoms with Crippen molar-refractivity contribution < 1.29 is 14.3 Å². The lowest BCUT2D eigenvalue weighted by Crippen LogP contribution is -2.47. The normalized spacial score (nSPS) is 15.1. The van der Waals surface area contributed by atoms with Crippen molar-refractivity contribution in [3.63, 3.8) is 0 Å². The van der Waals surface area contributed by atoms with Gasteiger partial charge in [-0.05, 0) is 37.5 Å². The van der Waals surface area contributed by atoms with Crippen molar-refractivity contribution in [3.8, 4) is 0 Å². The molecule has 0 spiro atoms. The number of nitrogens with zero attached hydrogens (tertiary/aromatic N) is 2. The van der Waals surface area contributed by atoms with Crippen molar-refractivity contribution >= 4 is 12.0 Å². The van der Waals surface area contributed by atoms with Crippen LogP contribution in [0.25, 0.3) is 0 Å². The lowest BCUT2D eigenvalue weighted by Gasteiger charge is -2.31. The summed E-state index contributed by atoms with van der Waals surface area (Å²) >= 11 is 0. The van der Waals surface area contributed by atoms with Gasteiger partial charge in [0, 0.05) is 51.0 Å². The first-order valence-electron chi connectivity index (χ1n) is 8.49. The summed E-state index contributed by atoms with van der Waals surface area (Å²) in [5.74, 6) is 0.0480. The number of hydrogen-bond donors (Lipinski definition) is 2. The van der Waals surface area contributed by atoms with Crippen LogP contribution in [0.1, 0.15) is 31.7 Å². The van der Waals surface area contributed by atoms with Crippen molar-refractivity contribution in [2.45, 2.75) is 38.8 Å². The highest BCUT2D eigenvalue weighted by Gasteiger charge is 2.24. The van der Waals surface area contributed by atoms with Gasteiger partial charge in [0.1, 0.15) is 0 Å². The van der Waals surface area contributed by atoms with Crippen LogP contribution in [0.3, 0.4) is 0 Å². The van der Waals surface area contributed by atoms with E-state index in [2.05, 4.69) is 15.6 Å². The zero-order chi connectivity index (χ0) is 17.2. The molecule has 132 valence electrons. The Balaban J connectivity index is 1.57. The molecular formula is C17H26N4O3. The zero-order valence-corrected chi connectivity index (χ0v) is 14.2. The lowest BCUT2D eigenvalue weighted by molar-refractivity contribution is -0.122. The van der Waals surface area contributed by atoms with Gasteiger partial charge in [-0.2, -0.15) is 0 Å². The molecule has 24 heavy (non-hydrogen) atoms. The molecule has 1 saturated heterocycles. The quantitative estimate of drug-likeness (QED) is 0.734. The van der Waals surface area contributed by atoms with Crippen LogP contribution in [-0.2, 0) is 16.1 Å². The third kappa shape index (κ3) is 6.16. The molecule has 0 saturated carbocycles. The van der Waals surface area contributed by atoms with E-state index < -0.39 is 0 Å². The minimum Gasteiger partial charge on any atom is -0.450 e. The first-order valence-corrected chi connectivity index (χ1v) is 8.49. The molecule has 7 heteroatoms. The summed E-state index contributed by atoms with van der Waals surface area (Å²) in [5.41, 5.74) is 1.15. The maximum absolute atomic E-state index is 12.0. The van der Waals surface area contributed by atoms with Gasteiger partial charge in [0.2, 0.25) is 5.91 Å². The van der Waals surface area contributed by atoms with E-state index in [0.717, 1.165) is 24.9 Å². The molecule has 0 radical (unpaired) electrons. The highest BCUT2D eigenvalue weighted by atomic mass is 16.6. The van der Waals surface area contributed by atoms with E-state index in [1.165, 1.54) is 0 Å². The van der Waals surface area contributed by atoms with Crippen LogP contribution in [-0.4, -0.2) is 54.2 Å². The van der Waals surface area contributed by atoms with Gasteiger partial charge in [-0.15, -0.1) is 0 Å². The Morgan fingerprint density at radius 2 is 2.00 bits per heavy atom. The number of carbonyl (C=O) groups is 2. The number of aromatic nitrogens is 1. The van der Waals surface area contributed by atoms with E-state index in [0.29, 0.717) is 32.7 Å². The third-order valence-corrected chi connectivity index (χ3v) is 3.99. The molecule has 1 fully saturated rings. The second-order valence-electron chi connectivity index (χ2n) is 5.81. The summed E-state index contributed by atoms with van der Waals surface area (Å²) in [4.78, 5) is 29.3. The Morgan fingerprint density at radius 1 is 1.29 bits per heavy atom. The average Bonchev–Trinajstić information content (AvgIpc) is 2.60. The fourth-order valence-corrected chi connectivity index (χ4v) is 2.66. The molecule has 2 rings (SSSR count). The van der Waals surface area contributed by atoms with Crippen molar-refractivity contribution in [1.29, 1.82) is 0 Å². The standard InChI is InChI=1S/C17H26N4O3/c1-2-24-17(23)21-11-6-15(7-12-21)20-16(22)5-10-19-13-14-3-8-18-9-4-14/h3-4,8-9,15,19H,2,5-7,10-13H2,1H3,(H,20,22). The number of likely N-dealkylation sites (tertiary alicyclic amines) is 1. The Bertz CT molecular complexity index is 516. The van der Waals surface area contributed by atoms with Crippen LogP contribution in [0, 0.1) is 0 Å². The van der Waals surface area contributed by atoms with Crippen LogP contribution >= 0.6 is 0 Å². The number of hydrogen-bond acceptors (Lipinski definition) is 5. The van der Waals surface area contributed by atoms with E-state index >= 15 is 0 Å². The minimum atomic E-state index is -0.261. The fraction of sp³-hybridized carbons (Fsp3) is 0.588. The number of rotatable bonds is 7. The maximum Gasteiger partial charge on any atom is 0.409 e. The second-order valence-corrected chi connectivity index (χ2v) is 5.81. The molecule has 1 aromatic rings. The lowest BCUT2D eigenvalue weighted by atomic mass is 10.1. The van der Waals surface area contributed by atoms with Gasteiger partial charge < -0.3 is 20.3 Å². The van der Waals surface area contributed by atoms with E-state index in [-0.39, 0.29) is 18.0 Å². The van der Waals surface area contributed by atoms with Crippen molar-refractivity contribution in [3.05, 3.63) is 30.1 Å². The number of ether oxygens (including phenoxy) is 1. The summed E-state index contributed by atoms with van der Waals surface area (Å²) < 4.78 is 4.99. The van der Waals surface area contributed by atoms with Gasteiger partial charge in [0.25, 0.3) is 0 Å². The van der Waals surface area contributed by atoms with Crippen LogP contribution < -0.4 is 10.6 Å². The largest absolute Gasteiger partial charge is 0.450 e. The Labute approximate surface area is 142 Å². The van der Waals surface area contributed by atoms with Crippen LogP contribution in [0.4, 0.5) is 4.79 Å². The van der Waals surface area contributed by atoms with Crippen molar-refractivity contribution in [1.82, 2.24) is 20.5 Å². The first-order chi connectivity index (χ1) is 11.7. The first kappa shape index (κ1) is 18.2. The van der Waals surface area contributed by atoms with Crippen molar-refractivity contribution in [2.75, 3.05) is 26.2 Å². The number of pyridine rings is 1. The predicted molar refractivity (Wildman–Crippen MR) is 90.3 cm³/mol. The molecule has 1 aliphatic heterocycles. The highest BCUT2D eigenvalue weighted by Crippen LogP contribution is 2.11. The molecule has 7 nitrogen and oxygen atoms in total.